The second-order valence-corrected chi connectivity index (χ2v) is 8.93. The predicted molar refractivity (Wildman–Crippen MR) is 96.0 cm³/mol. The first-order valence-corrected chi connectivity index (χ1v) is 8.98. The van der Waals surface area contributed by atoms with E-state index < -0.39 is 0 Å². The molecule has 0 aromatic heterocycles. The van der Waals surface area contributed by atoms with E-state index in [0.29, 0.717) is 11.3 Å². The summed E-state index contributed by atoms with van der Waals surface area (Å²) in [6.45, 7) is 11.4. The minimum absolute atomic E-state index is 0.0998. The number of nitrogens with one attached hydrogen (secondary N) is 1. The first-order valence-electron chi connectivity index (χ1n) is 8.98. The van der Waals surface area contributed by atoms with Gasteiger partial charge in [-0.2, -0.15) is 0 Å². The third kappa shape index (κ3) is 3.85. The monoisotopic (exact) mass is 315 g/mol. The van der Waals surface area contributed by atoms with Crippen molar-refractivity contribution in [1.29, 1.82) is 0 Å². The van der Waals surface area contributed by atoms with Crippen molar-refractivity contribution in [2.75, 3.05) is 13.1 Å². The van der Waals surface area contributed by atoms with Crippen molar-refractivity contribution >= 4 is 5.57 Å². The Balaban J connectivity index is 2.03. The van der Waals surface area contributed by atoms with Crippen molar-refractivity contribution in [2.45, 2.75) is 59.3 Å². The van der Waals surface area contributed by atoms with E-state index in [2.05, 4.69) is 39.1 Å². The highest BCUT2D eigenvalue weighted by molar-refractivity contribution is 5.71. The molecular weight excluding hydrogens is 285 g/mol. The van der Waals surface area contributed by atoms with Gasteiger partial charge in [-0.3, -0.25) is 0 Å². The minimum atomic E-state index is -0.0998. The molecule has 1 aliphatic carbocycles. The van der Waals surface area contributed by atoms with Crippen LogP contribution in [0.4, 0.5) is 4.39 Å². The van der Waals surface area contributed by atoms with Gasteiger partial charge in [0.15, 0.2) is 0 Å². The van der Waals surface area contributed by atoms with Crippen LogP contribution in [-0.2, 0) is 0 Å². The zero-order valence-electron chi connectivity index (χ0n) is 15.0. The third-order valence-electron chi connectivity index (χ3n) is 5.31. The number of benzene rings is 1. The number of halogens is 1. The van der Waals surface area contributed by atoms with E-state index in [1.165, 1.54) is 23.1 Å². The Morgan fingerprint density at radius 3 is 2.43 bits per heavy atom. The minimum Gasteiger partial charge on any atom is -0.317 e. The van der Waals surface area contributed by atoms with E-state index in [1.54, 1.807) is 12.1 Å². The summed E-state index contributed by atoms with van der Waals surface area (Å²) in [6.07, 6.45) is 6.94. The van der Waals surface area contributed by atoms with Crippen LogP contribution in [-0.4, -0.2) is 13.1 Å². The highest BCUT2D eigenvalue weighted by Gasteiger charge is 2.34. The molecule has 1 saturated heterocycles. The van der Waals surface area contributed by atoms with Crippen LogP contribution < -0.4 is 5.32 Å². The van der Waals surface area contributed by atoms with Crippen LogP contribution in [0.15, 0.2) is 24.3 Å². The lowest BCUT2D eigenvalue weighted by molar-refractivity contribution is 0.228. The average Bonchev–Trinajstić information content (AvgIpc) is 2.45. The molecule has 0 atom stereocenters. The number of hydrogen-bond donors (Lipinski definition) is 1. The lowest BCUT2D eigenvalue weighted by Gasteiger charge is -2.40. The van der Waals surface area contributed by atoms with Crippen LogP contribution in [0.25, 0.3) is 5.57 Å². The molecule has 0 amide bonds. The summed E-state index contributed by atoms with van der Waals surface area (Å²) in [5.74, 6) is 0.383. The standard InChI is InChI=1S/C21H30FN/c1-20(2)12-16(13-21(3,4)14-20)18-6-5-17(22)11-19(18)15-7-9-23-10-8-15/h5-6,11-12,15,23H,7-10,13-14H2,1-4H3. The maximum absolute atomic E-state index is 13.9. The largest absolute Gasteiger partial charge is 0.317 e. The summed E-state index contributed by atoms with van der Waals surface area (Å²) in [5, 5.41) is 3.42. The molecule has 0 bridgehead atoms. The van der Waals surface area contributed by atoms with Gasteiger partial charge < -0.3 is 5.32 Å². The Morgan fingerprint density at radius 2 is 1.78 bits per heavy atom. The summed E-state index contributed by atoms with van der Waals surface area (Å²) in [4.78, 5) is 0. The Kier molecular flexibility index (Phi) is 4.39. The molecule has 3 rings (SSSR count). The SMILES string of the molecule is CC1(C)C=C(c2ccc(F)cc2C2CCNCC2)CC(C)(C)C1. The molecule has 23 heavy (non-hydrogen) atoms. The summed E-state index contributed by atoms with van der Waals surface area (Å²) in [5.41, 5.74) is 4.44. The van der Waals surface area contributed by atoms with Crippen molar-refractivity contribution < 1.29 is 4.39 Å². The zero-order chi connectivity index (χ0) is 16.7. The molecule has 1 N–H and O–H groups in total. The molecule has 1 aliphatic heterocycles. The maximum Gasteiger partial charge on any atom is 0.123 e. The molecule has 0 unspecified atom stereocenters. The van der Waals surface area contributed by atoms with E-state index in [9.17, 15) is 4.39 Å². The quantitative estimate of drug-likeness (QED) is 0.757. The molecule has 1 nitrogen and oxygen atoms in total. The van der Waals surface area contributed by atoms with Gasteiger partial charge in [0.1, 0.15) is 5.82 Å². The van der Waals surface area contributed by atoms with Crippen molar-refractivity contribution in [2.24, 2.45) is 10.8 Å². The second kappa shape index (κ2) is 6.05. The lowest BCUT2D eigenvalue weighted by atomic mass is 9.65. The van der Waals surface area contributed by atoms with Gasteiger partial charge in [0.2, 0.25) is 0 Å². The molecule has 2 aliphatic rings. The van der Waals surface area contributed by atoms with E-state index in [1.807, 2.05) is 6.07 Å². The Hall–Kier alpha value is -1.15. The van der Waals surface area contributed by atoms with E-state index in [4.69, 9.17) is 0 Å². The molecule has 1 aromatic carbocycles. The smallest absolute Gasteiger partial charge is 0.123 e. The van der Waals surface area contributed by atoms with E-state index >= 15 is 0 Å². The molecule has 1 heterocycles. The van der Waals surface area contributed by atoms with Gasteiger partial charge in [-0.25, -0.2) is 4.39 Å². The molecule has 1 aromatic rings. The van der Waals surface area contributed by atoms with Gasteiger partial charge in [0, 0.05) is 0 Å². The zero-order valence-corrected chi connectivity index (χ0v) is 15.0. The van der Waals surface area contributed by atoms with Crippen LogP contribution in [0.2, 0.25) is 0 Å². The molecule has 2 heteroatoms. The van der Waals surface area contributed by atoms with Crippen LogP contribution in [0, 0.1) is 16.6 Å². The second-order valence-electron chi connectivity index (χ2n) is 8.93. The van der Waals surface area contributed by atoms with Crippen LogP contribution in [0.5, 0.6) is 0 Å². The van der Waals surface area contributed by atoms with E-state index in [0.717, 1.165) is 32.4 Å². The van der Waals surface area contributed by atoms with Crippen molar-refractivity contribution in [3.8, 4) is 0 Å². The van der Waals surface area contributed by atoms with Crippen molar-refractivity contribution in [3.05, 3.63) is 41.2 Å². The fourth-order valence-corrected chi connectivity index (χ4v) is 4.85. The fourth-order valence-electron chi connectivity index (χ4n) is 4.85. The predicted octanol–water partition coefficient (Wildman–Crippen LogP) is 5.52. The van der Waals surface area contributed by atoms with Crippen LogP contribution in [0.3, 0.4) is 0 Å². The van der Waals surface area contributed by atoms with Crippen LogP contribution >= 0.6 is 0 Å². The summed E-state index contributed by atoms with van der Waals surface area (Å²) >= 11 is 0. The first-order chi connectivity index (χ1) is 10.8. The maximum atomic E-state index is 13.9. The normalized spacial score (nSPS) is 24.3. The average molecular weight is 315 g/mol. The number of allylic oxidation sites excluding steroid dienone is 2. The Bertz CT molecular complexity index is 606. The Labute approximate surface area is 140 Å². The molecule has 0 spiro atoms. The third-order valence-corrected chi connectivity index (χ3v) is 5.31. The van der Waals surface area contributed by atoms with Gasteiger partial charge in [0.05, 0.1) is 0 Å². The fraction of sp³-hybridized carbons (Fsp3) is 0.619. The highest BCUT2D eigenvalue weighted by Crippen LogP contribution is 2.48. The molecule has 0 saturated carbocycles. The number of hydrogen-bond acceptors (Lipinski definition) is 1. The topological polar surface area (TPSA) is 12.0 Å². The number of rotatable bonds is 2. The summed E-state index contributed by atoms with van der Waals surface area (Å²) < 4.78 is 13.9. The van der Waals surface area contributed by atoms with Crippen molar-refractivity contribution in [3.63, 3.8) is 0 Å². The van der Waals surface area contributed by atoms with Crippen molar-refractivity contribution in [1.82, 2.24) is 5.32 Å². The van der Waals surface area contributed by atoms with Gasteiger partial charge in [-0.15, -0.1) is 0 Å². The molecular formula is C21H30FN. The molecule has 0 radical (unpaired) electrons. The Morgan fingerprint density at radius 1 is 1.09 bits per heavy atom. The summed E-state index contributed by atoms with van der Waals surface area (Å²) in [6, 6.07) is 5.45. The van der Waals surface area contributed by atoms with Gasteiger partial charge in [0.25, 0.3) is 0 Å². The van der Waals surface area contributed by atoms with E-state index in [-0.39, 0.29) is 11.2 Å². The molecule has 1 fully saturated rings. The van der Waals surface area contributed by atoms with Crippen LogP contribution in [0.1, 0.15) is 70.4 Å². The van der Waals surface area contributed by atoms with Gasteiger partial charge >= 0.3 is 0 Å². The molecule has 126 valence electrons. The van der Waals surface area contributed by atoms with Gasteiger partial charge in [-0.05, 0) is 84.4 Å². The first kappa shape index (κ1) is 16.7. The lowest BCUT2D eigenvalue weighted by Crippen LogP contribution is -2.28. The van der Waals surface area contributed by atoms with Gasteiger partial charge in [-0.1, -0.05) is 39.8 Å². The summed E-state index contributed by atoms with van der Waals surface area (Å²) in [7, 11) is 0. The highest BCUT2D eigenvalue weighted by atomic mass is 19.1. The number of piperidine rings is 1.